The van der Waals surface area contributed by atoms with E-state index in [-0.39, 0.29) is 29.9 Å². The second-order valence-corrected chi connectivity index (χ2v) is 3.02. The maximum Gasteiger partial charge on any atom is 0.280 e. The van der Waals surface area contributed by atoms with Gasteiger partial charge >= 0.3 is 0 Å². The van der Waals surface area contributed by atoms with Crippen LogP contribution in [-0.2, 0) is 13.0 Å². The lowest BCUT2D eigenvalue weighted by molar-refractivity contribution is 0.144. The molecule has 0 bridgehead atoms. The molecule has 0 fully saturated rings. The van der Waals surface area contributed by atoms with Gasteiger partial charge in [0.25, 0.3) is 6.43 Å². The lowest BCUT2D eigenvalue weighted by atomic mass is 10.1. The molecule has 0 aliphatic heterocycles. The van der Waals surface area contributed by atoms with Crippen molar-refractivity contribution in [2.24, 2.45) is 5.73 Å². The van der Waals surface area contributed by atoms with Gasteiger partial charge in [0.2, 0.25) is 0 Å². The zero-order valence-electron chi connectivity index (χ0n) is 8.70. The number of halogens is 2. The van der Waals surface area contributed by atoms with Crippen molar-refractivity contribution in [1.82, 2.24) is 4.98 Å². The third kappa shape index (κ3) is 2.44. The summed E-state index contributed by atoms with van der Waals surface area (Å²) in [6, 6.07) is 3.25. The fraction of sp³-hybridized carbons (Fsp3) is 0.400. The zero-order valence-corrected chi connectivity index (χ0v) is 8.70. The third-order valence-corrected chi connectivity index (χ3v) is 2.07. The number of hydrogen-bond acceptors (Lipinski definition) is 4. The minimum absolute atomic E-state index is 0.0458. The Morgan fingerprint density at radius 3 is 2.75 bits per heavy atom. The largest absolute Gasteiger partial charge is 0.495 e. The van der Waals surface area contributed by atoms with E-state index in [2.05, 4.69) is 4.98 Å². The van der Waals surface area contributed by atoms with Gasteiger partial charge in [-0.05, 0) is 11.6 Å². The van der Waals surface area contributed by atoms with Crippen LogP contribution in [0.4, 0.5) is 8.78 Å². The molecule has 0 saturated carbocycles. The SMILES string of the molecule is COc1cc(CN)c(C(F)F)nc1CC#N. The van der Waals surface area contributed by atoms with E-state index < -0.39 is 6.43 Å². The van der Waals surface area contributed by atoms with Crippen molar-refractivity contribution in [3.63, 3.8) is 0 Å². The number of nitrogens with zero attached hydrogens (tertiary/aromatic N) is 2. The van der Waals surface area contributed by atoms with Crippen LogP contribution in [0, 0.1) is 11.3 Å². The van der Waals surface area contributed by atoms with Gasteiger partial charge in [-0.2, -0.15) is 5.26 Å². The van der Waals surface area contributed by atoms with E-state index in [9.17, 15) is 8.78 Å². The molecule has 0 spiro atoms. The van der Waals surface area contributed by atoms with Crippen LogP contribution in [0.25, 0.3) is 0 Å². The van der Waals surface area contributed by atoms with Crippen molar-refractivity contribution >= 4 is 0 Å². The summed E-state index contributed by atoms with van der Waals surface area (Å²) in [5.74, 6) is 0.311. The number of ether oxygens (including phenoxy) is 1. The monoisotopic (exact) mass is 227 g/mol. The van der Waals surface area contributed by atoms with E-state index in [1.165, 1.54) is 13.2 Å². The molecule has 4 nitrogen and oxygen atoms in total. The van der Waals surface area contributed by atoms with Crippen molar-refractivity contribution in [2.45, 2.75) is 19.4 Å². The van der Waals surface area contributed by atoms with Gasteiger partial charge in [0.05, 0.1) is 25.3 Å². The fourth-order valence-corrected chi connectivity index (χ4v) is 1.32. The summed E-state index contributed by atoms with van der Waals surface area (Å²) in [5, 5.41) is 8.54. The summed E-state index contributed by atoms with van der Waals surface area (Å²) in [7, 11) is 1.39. The number of rotatable bonds is 4. The van der Waals surface area contributed by atoms with Crippen LogP contribution in [0.1, 0.15) is 23.4 Å². The van der Waals surface area contributed by atoms with Crippen molar-refractivity contribution < 1.29 is 13.5 Å². The Kier molecular flexibility index (Phi) is 4.14. The van der Waals surface area contributed by atoms with Crippen LogP contribution < -0.4 is 10.5 Å². The highest BCUT2D eigenvalue weighted by molar-refractivity contribution is 5.37. The average molecular weight is 227 g/mol. The van der Waals surface area contributed by atoms with Crippen LogP contribution in [0.15, 0.2) is 6.07 Å². The van der Waals surface area contributed by atoms with E-state index in [4.69, 9.17) is 15.7 Å². The number of pyridine rings is 1. The maximum absolute atomic E-state index is 12.6. The summed E-state index contributed by atoms with van der Waals surface area (Å²) >= 11 is 0. The number of nitrogens with two attached hydrogens (primary N) is 1. The van der Waals surface area contributed by atoms with Gasteiger partial charge in [-0.25, -0.2) is 13.8 Å². The first-order chi connectivity index (χ1) is 7.63. The molecule has 0 amide bonds. The van der Waals surface area contributed by atoms with Crippen LogP contribution in [-0.4, -0.2) is 12.1 Å². The summed E-state index contributed by atoms with van der Waals surface area (Å²) in [6.45, 7) is -0.0458. The van der Waals surface area contributed by atoms with Crippen molar-refractivity contribution in [1.29, 1.82) is 5.26 Å². The van der Waals surface area contributed by atoms with Gasteiger partial charge in [-0.15, -0.1) is 0 Å². The molecule has 0 aliphatic rings. The molecular formula is C10H11F2N3O. The average Bonchev–Trinajstić information content (AvgIpc) is 2.28. The highest BCUT2D eigenvalue weighted by Crippen LogP contribution is 2.27. The summed E-state index contributed by atoms with van der Waals surface area (Å²) in [4.78, 5) is 3.73. The van der Waals surface area contributed by atoms with Crippen LogP contribution >= 0.6 is 0 Å². The predicted octanol–water partition coefficient (Wildman–Crippen LogP) is 1.55. The number of alkyl halides is 2. The molecule has 0 aliphatic carbocycles. The molecule has 1 aromatic rings. The minimum atomic E-state index is -2.71. The van der Waals surface area contributed by atoms with E-state index in [1.807, 2.05) is 6.07 Å². The van der Waals surface area contributed by atoms with Gasteiger partial charge in [0.15, 0.2) is 0 Å². The molecule has 0 atom stereocenters. The molecule has 6 heteroatoms. The Labute approximate surface area is 91.7 Å². The second-order valence-electron chi connectivity index (χ2n) is 3.02. The molecule has 0 radical (unpaired) electrons. The van der Waals surface area contributed by atoms with Crippen molar-refractivity contribution in [2.75, 3.05) is 7.11 Å². The minimum Gasteiger partial charge on any atom is -0.495 e. The van der Waals surface area contributed by atoms with Crippen LogP contribution in [0.5, 0.6) is 5.75 Å². The van der Waals surface area contributed by atoms with E-state index in [1.54, 1.807) is 0 Å². The van der Waals surface area contributed by atoms with Crippen LogP contribution in [0.3, 0.4) is 0 Å². The predicted molar refractivity (Wildman–Crippen MR) is 53.0 cm³/mol. The zero-order chi connectivity index (χ0) is 12.1. The van der Waals surface area contributed by atoms with E-state index in [0.717, 1.165) is 0 Å². The number of methoxy groups -OCH3 is 1. The molecule has 0 unspecified atom stereocenters. The van der Waals surface area contributed by atoms with Gasteiger partial charge < -0.3 is 10.5 Å². The Bertz CT molecular complexity index is 415. The standard InChI is InChI=1S/C10H11F2N3O/c1-16-8-4-6(5-14)9(10(11)12)15-7(8)2-3-13/h4,10H,2,5,14H2,1H3. The highest BCUT2D eigenvalue weighted by Gasteiger charge is 2.18. The van der Waals surface area contributed by atoms with Gasteiger partial charge in [0.1, 0.15) is 11.4 Å². The maximum atomic E-state index is 12.6. The molecule has 86 valence electrons. The smallest absolute Gasteiger partial charge is 0.280 e. The highest BCUT2D eigenvalue weighted by atomic mass is 19.3. The summed E-state index contributed by atoms with van der Waals surface area (Å²) in [6.07, 6.45) is -2.78. The van der Waals surface area contributed by atoms with Crippen molar-refractivity contribution in [3.8, 4) is 11.8 Å². The van der Waals surface area contributed by atoms with E-state index in [0.29, 0.717) is 5.75 Å². The number of aromatic nitrogens is 1. The normalized spacial score (nSPS) is 10.2. The van der Waals surface area contributed by atoms with E-state index >= 15 is 0 Å². The quantitative estimate of drug-likeness (QED) is 0.847. The van der Waals surface area contributed by atoms with Gasteiger partial charge in [0, 0.05) is 6.54 Å². The molecule has 0 saturated heterocycles. The Hall–Kier alpha value is -1.74. The Morgan fingerprint density at radius 1 is 1.62 bits per heavy atom. The molecule has 1 aromatic heterocycles. The second kappa shape index (κ2) is 5.37. The third-order valence-electron chi connectivity index (χ3n) is 2.07. The lowest BCUT2D eigenvalue weighted by Crippen LogP contribution is -2.08. The first-order valence-corrected chi connectivity index (χ1v) is 4.55. The lowest BCUT2D eigenvalue weighted by Gasteiger charge is -2.11. The van der Waals surface area contributed by atoms with Gasteiger partial charge in [-0.3, -0.25) is 0 Å². The molecule has 1 rings (SSSR count). The fourth-order valence-electron chi connectivity index (χ4n) is 1.32. The number of hydrogen-bond donors (Lipinski definition) is 1. The Balaban J connectivity index is 3.30. The number of nitriles is 1. The first-order valence-electron chi connectivity index (χ1n) is 4.55. The topological polar surface area (TPSA) is 71.9 Å². The summed E-state index contributed by atoms with van der Waals surface area (Å²) < 4.78 is 30.2. The first kappa shape index (κ1) is 12.3. The van der Waals surface area contributed by atoms with Crippen LogP contribution in [0.2, 0.25) is 0 Å². The summed E-state index contributed by atoms with van der Waals surface area (Å²) in [5.41, 5.74) is 5.40. The molecule has 1 heterocycles. The molecular weight excluding hydrogens is 216 g/mol. The van der Waals surface area contributed by atoms with Gasteiger partial charge in [-0.1, -0.05) is 0 Å². The Morgan fingerprint density at radius 2 is 2.31 bits per heavy atom. The molecule has 2 N–H and O–H groups in total. The molecule has 16 heavy (non-hydrogen) atoms. The molecule has 0 aromatic carbocycles. The van der Waals surface area contributed by atoms with Crippen molar-refractivity contribution in [3.05, 3.63) is 23.0 Å².